The third kappa shape index (κ3) is 2.82. The van der Waals surface area contributed by atoms with Gasteiger partial charge in [0, 0.05) is 18.2 Å². The van der Waals surface area contributed by atoms with Crippen LogP contribution in [0.2, 0.25) is 0 Å². The van der Waals surface area contributed by atoms with E-state index >= 15 is 0 Å². The largest absolute Gasteiger partial charge is 0.496 e. The molecule has 1 fully saturated rings. The molecular formula is C14H23BN2O3. The van der Waals surface area contributed by atoms with Gasteiger partial charge in [0.1, 0.15) is 5.82 Å². The molecule has 1 aliphatic heterocycles. The standard InChI is InChI=1S/C14H23BN2O3/c1-10-8-12(16-6-7-18)17-9-11(10)15-19-13(2,3)14(4,5)20-15/h8-9,18H,6-7H2,1-5H3,(H,16,17). The molecule has 1 aromatic rings. The number of anilines is 1. The van der Waals surface area contributed by atoms with Crippen LogP contribution in [0.3, 0.4) is 0 Å². The molecule has 0 saturated carbocycles. The van der Waals surface area contributed by atoms with E-state index in [4.69, 9.17) is 14.4 Å². The van der Waals surface area contributed by atoms with Crippen molar-refractivity contribution in [1.29, 1.82) is 0 Å². The highest BCUT2D eigenvalue weighted by Crippen LogP contribution is 2.36. The lowest BCUT2D eigenvalue weighted by Gasteiger charge is -2.32. The second-order valence-corrected chi connectivity index (χ2v) is 6.16. The molecule has 20 heavy (non-hydrogen) atoms. The fourth-order valence-corrected chi connectivity index (χ4v) is 2.06. The molecule has 5 nitrogen and oxygen atoms in total. The van der Waals surface area contributed by atoms with Crippen LogP contribution in [0.4, 0.5) is 5.82 Å². The number of rotatable bonds is 4. The van der Waals surface area contributed by atoms with Crippen LogP contribution in [-0.2, 0) is 9.31 Å². The molecule has 0 aromatic carbocycles. The van der Waals surface area contributed by atoms with Gasteiger partial charge in [0.2, 0.25) is 0 Å². The first-order chi connectivity index (χ1) is 9.27. The minimum atomic E-state index is -0.389. The number of hydrogen-bond donors (Lipinski definition) is 2. The van der Waals surface area contributed by atoms with Crippen molar-refractivity contribution in [3.63, 3.8) is 0 Å². The van der Waals surface area contributed by atoms with Crippen LogP contribution in [0.25, 0.3) is 0 Å². The van der Waals surface area contributed by atoms with Crippen molar-refractivity contribution in [3.05, 3.63) is 17.8 Å². The van der Waals surface area contributed by atoms with Crippen LogP contribution in [0.1, 0.15) is 33.3 Å². The maximum atomic E-state index is 8.81. The second kappa shape index (κ2) is 5.35. The minimum absolute atomic E-state index is 0.0830. The van der Waals surface area contributed by atoms with Gasteiger partial charge in [-0.15, -0.1) is 0 Å². The predicted octanol–water partition coefficient (Wildman–Crippen LogP) is 1.09. The molecule has 0 bridgehead atoms. The lowest BCUT2D eigenvalue weighted by molar-refractivity contribution is 0.00578. The van der Waals surface area contributed by atoms with Gasteiger partial charge in [-0.1, -0.05) is 0 Å². The minimum Gasteiger partial charge on any atom is -0.399 e. The maximum absolute atomic E-state index is 8.81. The Bertz CT molecular complexity index is 475. The third-order valence-corrected chi connectivity index (χ3v) is 4.08. The highest BCUT2D eigenvalue weighted by atomic mass is 16.7. The molecule has 2 N–H and O–H groups in total. The number of pyridine rings is 1. The molecular weight excluding hydrogens is 255 g/mol. The van der Waals surface area contributed by atoms with Gasteiger partial charge in [-0.2, -0.15) is 0 Å². The van der Waals surface area contributed by atoms with Crippen LogP contribution in [0.5, 0.6) is 0 Å². The first-order valence-corrected chi connectivity index (χ1v) is 6.94. The van der Waals surface area contributed by atoms with Gasteiger partial charge in [0.15, 0.2) is 0 Å². The molecule has 6 heteroatoms. The Hall–Kier alpha value is -1.11. The molecule has 2 heterocycles. The van der Waals surface area contributed by atoms with Gasteiger partial charge in [-0.25, -0.2) is 4.98 Å². The van der Waals surface area contributed by atoms with E-state index in [1.807, 2.05) is 40.7 Å². The number of hydrogen-bond acceptors (Lipinski definition) is 5. The van der Waals surface area contributed by atoms with Crippen LogP contribution in [-0.4, -0.2) is 41.6 Å². The van der Waals surface area contributed by atoms with E-state index in [1.54, 1.807) is 6.20 Å². The summed E-state index contributed by atoms with van der Waals surface area (Å²) in [4.78, 5) is 4.33. The zero-order chi connectivity index (χ0) is 15.0. The summed E-state index contributed by atoms with van der Waals surface area (Å²) in [5.41, 5.74) is 1.30. The number of aromatic nitrogens is 1. The Balaban J connectivity index is 2.19. The predicted molar refractivity (Wildman–Crippen MR) is 80.3 cm³/mol. The molecule has 1 aromatic heterocycles. The number of nitrogens with zero attached hydrogens (tertiary/aromatic N) is 1. The SMILES string of the molecule is Cc1cc(NCCO)ncc1B1OC(C)(C)C(C)(C)O1. The molecule has 0 amide bonds. The summed E-state index contributed by atoms with van der Waals surface area (Å²) < 4.78 is 12.1. The van der Waals surface area contributed by atoms with Crippen LogP contribution < -0.4 is 10.8 Å². The molecule has 2 rings (SSSR count). The fraction of sp³-hybridized carbons (Fsp3) is 0.643. The van der Waals surface area contributed by atoms with Crippen molar-refractivity contribution in [2.45, 2.75) is 45.8 Å². The molecule has 110 valence electrons. The van der Waals surface area contributed by atoms with Crippen molar-refractivity contribution in [3.8, 4) is 0 Å². The number of nitrogens with one attached hydrogen (secondary N) is 1. The van der Waals surface area contributed by atoms with E-state index < -0.39 is 0 Å². The van der Waals surface area contributed by atoms with Gasteiger partial charge < -0.3 is 19.7 Å². The Morgan fingerprint density at radius 2 is 1.85 bits per heavy atom. The molecule has 1 aliphatic rings. The molecule has 0 aliphatic carbocycles. The lowest BCUT2D eigenvalue weighted by Crippen LogP contribution is -2.41. The van der Waals surface area contributed by atoms with Gasteiger partial charge in [0.05, 0.1) is 17.8 Å². The van der Waals surface area contributed by atoms with Crippen LogP contribution in [0.15, 0.2) is 12.3 Å². The normalized spacial score (nSPS) is 20.2. The average molecular weight is 278 g/mol. The second-order valence-electron chi connectivity index (χ2n) is 6.16. The van der Waals surface area contributed by atoms with Gasteiger partial charge >= 0.3 is 7.12 Å². The van der Waals surface area contributed by atoms with Crippen LogP contribution >= 0.6 is 0 Å². The highest BCUT2D eigenvalue weighted by Gasteiger charge is 2.52. The average Bonchev–Trinajstić information content (AvgIpc) is 2.55. The lowest BCUT2D eigenvalue weighted by atomic mass is 9.77. The van der Waals surface area contributed by atoms with Crippen molar-refractivity contribution in [1.82, 2.24) is 4.98 Å². The summed E-state index contributed by atoms with van der Waals surface area (Å²) in [7, 11) is -0.389. The summed E-state index contributed by atoms with van der Waals surface area (Å²) in [6, 6.07) is 1.94. The van der Waals surface area contributed by atoms with E-state index in [0.717, 1.165) is 16.8 Å². The van der Waals surface area contributed by atoms with Crippen LogP contribution in [0, 0.1) is 6.92 Å². The first kappa shape index (κ1) is 15.3. The summed E-state index contributed by atoms with van der Waals surface area (Å²) in [5, 5.41) is 11.9. The Morgan fingerprint density at radius 3 is 2.35 bits per heavy atom. The van der Waals surface area contributed by atoms with E-state index in [2.05, 4.69) is 10.3 Å². The fourth-order valence-electron chi connectivity index (χ4n) is 2.06. The maximum Gasteiger partial charge on any atom is 0.496 e. The topological polar surface area (TPSA) is 63.6 Å². The molecule has 1 saturated heterocycles. The van der Waals surface area contributed by atoms with E-state index in [-0.39, 0.29) is 24.9 Å². The summed E-state index contributed by atoms with van der Waals surface area (Å²) >= 11 is 0. The zero-order valence-electron chi connectivity index (χ0n) is 12.9. The van der Waals surface area contributed by atoms with E-state index in [9.17, 15) is 0 Å². The van der Waals surface area contributed by atoms with Crippen molar-refractivity contribution < 1.29 is 14.4 Å². The Kier molecular flexibility index (Phi) is 4.09. The monoisotopic (exact) mass is 278 g/mol. The smallest absolute Gasteiger partial charge is 0.399 e. The van der Waals surface area contributed by atoms with E-state index in [0.29, 0.717) is 6.54 Å². The third-order valence-electron chi connectivity index (χ3n) is 4.08. The number of aliphatic hydroxyl groups is 1. The van der Waals surface area contributed by atoms with Crippen molar-refractivity contribution in [2.24, 2.45) is 0 Å². The van der Waals surface area contributed by atoms with Gasteiger partial charge in [-0.3, -0.25) is 0 Å². The number of aliphatic hydroxyl groups excluding tert-OH is 1. The van der Waals surface area contributed by atoms with Gasteiger partial charge in [-0.05, 0) is 46.2 Å². The molecule has 0 atom stereocenters. The quantitative estimate of drug-likeness (QED) is 0.807. The Labute approximate surface area is 120 Å². The molecule has 0 spiro atoms. The zero-order valence-corrected chi connectivity index (χ0v) is 12.9. The summed E-state index contributed by atoms with van der Waals surface area (Å²) in [6.45, 7) is 10.7. The highest BCUT2D eigenvalue weighted by molar-refractivity contribution is 6.62. The number of aryl methyl sites for hydroxylation is 1. The van der Waals surface area contributed by atoms with Crippen molar-refractivity contribution in [2.75, 3.05) is 18.5 Å². The first-order valence-electron chi connectivity index (χ1n) is 6.94. The molecule has 0 unspecified atom stereocenters. The van der Waals surface area contributed by atoms with Crippen molar-refractivity contribution >= 4 is 18.4 Å². The summed E-state index contributed by atoms with van der Waals surface area (Å²) in [5.74, 6) is 0.747. The summed E-state index contributed by atoms with van der Waals surface area (Å²) in [6.07, 6.45) is 1.77. The van der Waals surface area contributed by atoms with E-state index in [1.165, 1.54) is 0 Å². The van der Waals surface area contributed by atoms with Gasteiger partial charge in [0.25, 0.3) is 0 Å². The molecule has 0 radical (unpaired) electrons. The Morgan fingerprint density at radius 1 is 1.25 bits per heavy atom.